The molecule has 0 fully saturated rings. The number of amides is 2. The molecular formula is C30H35FN2O2. The second kappa shape index (κ2) is 12.3. The van der Waals surface area contributed by atoms with Gasteiger partial charge in [0.2, 0.25) is 11.8 Å². The lowest BCUT2D eigenvalue weighted by molar-refractivity contribution is -0.141. The van der Waals surface area contributed by atoms with E-state index in [1.54, 1.807) is 17.0 Å². The molecule has 0 saturated heterocycles. The van der Waals surface area contributed by atoms with Crippen molar-refractivity contribution in [3.8, 4) is 0 Å². The molecule has 0 spiro atoms. The first-order valence-electron chi connectivity index (χ1n) is 12.2. The molecule has 0 bridgehead atoms. The van der Waals surface area contributed by atoms with Crippen molar-refractivity contribution < 1.29 is 14.0 Å². The van der Waals surface area contributed by atoms with E-state index >= 15 is 0 Å². The second-order valence-corrected chi connectivity index (χ2v) is 9.34. The molecule has 2 amide bonds. The summed E-state index contributed by atoms with van der Waals surface area (Å²) in [6, 6.07) is 21.2. The Morgan fingerprint density at radius 2 is 1.51 bits per heavy atom. The van der Waals surface area contributed by atoms with Gasteiger partial charge in [0.1, 0.15) is 11.9 Å². The highest BCUT2D eigenvalue weighted by atomic mass is 19.1. The molecule has 0 aromatic heterocycles. The maximum absolute atomic E-state index is 13.8. The number of carbonyl (C=O) groups excluding carboxylic acids is 2. The van der Waals surface area contributed by atoms with E-state index in [4.69, 9.17) is 0 Å². The molecule has 0 radical (unpaired) electrons. The van der Waals surface area contributed by atoms with E-state index in [9.17, 15) is 14.0 Å². The monoisotopic (exact) mass is 474 g/mol. The van der Waals surface area contributed by atoms with Crippen molar-refractivity contribution in [3.05, 3.63) is 106 Å². The van der Waals surface area contributed by atoms with E-state index in [-0.39, 0.29) is 36.6 Å². The predicted molar refractivity (Wildman–Crippen MR) is 138 cm³/mol. The van der Waals surface area contributed by atoms with Gasteiger partial charge in [-0.3, -0.25) is 9.59 Å². The summed E-state index contributed by atoms with van der Waals surface area (Å²) in [6.07, 6.45) is 1.37. The Kier molecular flexibility index (Phi) is 9.18. The van der Waals surface area contributed by atoms with E-state index in [2.05, 4.69) is 11.4 Å². The van der Waals surface area contributed by atoms with Crippen molar-refractivity contribution >= 4 is 11.8 Å². The van der Waals surface area contributed by atoms with Gasteiger partial charge < -0.3 is 10.2 Å². The first-order chi connectivity index (χ1) is 16.7. The van der Waals surface area contributed by atoms with Crippen LogP contribution in [0.5, 0.6) is 0 Å². The summed E-state index contributed by atoms with van der Waals surface area (Å²) in [5.41, 5.74) is 4.84. The molecule has 0 aliphatic carbocycles. The first kappa shape index (κ1) is 26.1. The lowest BCUT2D eigenvalue weighted by atomic mass is 10.00. The Balaban J connectivity index is 1.98. The van der Waals surface area contributed by atoms with Crippen LogP contribution in [0.4, 0.5) is 4.39 Å². The third kappa shape index (κ3) is 7.78. The Bertz CT molecular complexity index is 1110. The van der Waals surface area contributed by atoms with Gasteiger partial charge in [0.25, 0.3) is 0 Å². The van der Waals surface area contributed by atoms with E-state index in [1.165, 1.54) is 12.1 Å². The fraction of sp³-hybridized carbons (Fsp3) is 0.333. The number of hydrogen-bond acceptors (Lipinski definition) is 2. The lowest BCUT2D eigenvalue weighted by Gasteiger charge is -2.32. The Hall–Kier alpha value is -3.47. The van der Waals surface area contributed by atoms with Crippen LogP contribution >= 0.6 is 0 Å². The minimum atomic E-state index is -0.699. The topological polar surface area (TPSA) is 49.4 Å². The zero-order valence-corrected chi connectivity index (χ0v) is 21.1. The standard InChI is InChI=1S/C30H35FN2O2/c1-5-23(4)32-30(35)28(18-24-9-7-6-8-10-24)33(20-25-11-13-27(31)14-12-25)29(34)19-26-16-21(2)15-22(3)17-26/h6-17,23,28H,5,18-20H2,1-4H3,(H,32,35)/t23-,28-/m0/s1. The van der Waals surface area contributed by atoms with Crippen LogP contribution in [0.15, 0.2) is 72.8 Å². The highest BCUT2D eigenvalue weighted by molar-refractivity contribution is 5.89. The van der Waals surface area contributed by atoms with Crippen LogP contribution in [0, 0.1) is 19.7 Å². The van der Waals surface area contributed by atoms with E-state index < -0.39 is 6.04 Å². The Morgan fingerprint density at radius 3 is 2.11 bits per heavy atom. The SMILES string of the molecule is CC[C@H](C)NC(=O)[C@H](Cc1ccccc1)N(Cc1ccc(F)cc1)C(=O)Cc1cc(C)cc(C)c1. The maximum Gasteiger partial charge on any atom is 0.243 e. The van der Waals surface area contributed by atoms with E-state index in [0.29, 0.717) is 6.42 Å². The van der Waals surface area contributed by atoms with Crippen molar-refractivity contribution in [2.45, 2.75) is 65.6 Å². The Morgan fingerprint density at radius 1 is 0.886 bits per heavy atom. The van der Waals surface area contributed by atoms with Gasteiger partial charge in [-0.25, -0.2) is 4.39 Å². The van der Waals surface area contributed by atoms with Gasteiger partial charge in [0.05, 0.1) is 6.42 Å². The molecule has 3 aromatic rings. The molecule has 0 aliphatic rings. The molecule has 3 aromatic carbocycles. The number of nitrogens with zero attached hydrogens (tertiary/aromatic N) is 1. The molecule has 0 saturated carbocycles. The van der Waals surface area contributed by atoms with Crippen molar-refractivity contribution in [2.75, 3.05) is 0 Å². The van der Waals surface area contributed by atoms with Gasteiger partial charge in [-0.15, -0.1) is 0 Å². The molecule has 4 nitrogen and oxygen atoms in total. The number of carbonyl (C=O) groups is 2. The van der Waals surface area contributed by atoms with E-state index in [1.807, 2.05) is 70.2 Å². The zero-order valence-electron chi connectivity index (χ0n) is 21.1. The Labute approximate surface area is 208 Å². The van der Waals surface area contributed by atoms with Gasteiger partial charge in [-0.05, 0) is 56.0 Å². The molecule has 3 rings (SSSR count). The average Bonchev–Trinajstić information content (AvgIpc) is 2.82. The van der Waals surface area contributed by atoms with Crippen molar-refractivity contribution in [1.29, 1.82) is 0 Å². The van der Waals surface area contributed by atoms with E-state index in [0.717, 1.165) is 34.2 Å². The number of hydrogen-bond donors (Lipinski definition) is 1. The highest BCUT2D eigenvalue weighted by Gasteiger charge is 2.31. The first-order valence-corrected chi connectivity index (χ1v) is 12.2. The molecule has 35 heavy (non-hydrogen) atoms. The van der Waals surface area contributed by atoms with Gasteiger partial charge in [0.15, 0.2) is 0 Å². The van der Waals surface area contributed by atoms with Crippen LogP contribution in [0.1, 0.15) is 48.1 Å². The quantitative estimate of drug-likeness (QED) is 0.419. The maximum atomic E-state index is 13.8. The summed E-state index contributed by atoms with van der Waals surface area (Å²) in [4.78, 5) is 28.9. The largest absolute Gasteiger partial charge is 0.352 e. The summed E-state index contributed by atoms with van der Waals surface area (Å²) in [5, 5.41) is 3.07. The van der Waals surface area contributed by atoms with Crippen LogP contribution in [0.2, 0.25) is 0 Å². The minimum Gasteiger partial charge on any atom is -0.352 e. The van der Waals surface area contributed by atoms with Crippen LogP contribution in [-0.4, -0.2) is 28.8 Å². The van der Waals surface area contributed by atoms with Gasteiger partial charge >= 0.3 is 0 Å². The van der Waals surface area contributed by atoms with Crippen LogP contribution in [0.3, 0.4) is 0 Å². The predicted octanol–water partition coefficient (Wildman–Crippen LogP) is 5.54. The number of aryl methyl sites for hydroxylation is 2. The normalized spacial score (nSPS) is 12.6. The summed E-state index contributed by atoms with van der Waals surface area (Å²) in [6.45, 7) is 8.21. The average molecular weight is 475 g/mol. The van der Waals surface area contributed by atoms with Crippen LogP contribution < -0.4 is 5.32 Å². The number of halogens is 1. The number of nitrogens with one attached hydrogen (secondary N) is 1. The van der Waals surface area contributed by atoms with Gasteiger partial charge in [0, 0.05) is 19.0 Å². The van der Waals surface area contributed by atoms with Crippen molar-refractivity contribution in [3.63, 3.8) is 0 Å². The summed E-state index contributed by atoms with van der Waals surface area (Å²) < 4.78 is 13.6. The van der Waals surface area contributed by atoms with Crippen molar-refractivity contribution in [1.82, 2.24) is 10.2 Å². The third-order valence-electron chi connectivity index (χ3n) is 6.18. The molecule has 5 heteroatoms. The third-order valence-corrected chi connectivity index (χ3v) is 6.18. The summed E-state index contributed by atoms with van der Waals surface area (Å²) in [7, 11) is 0. The highest BCUT2D eigenvalue weighted by Crippen LogP contribution is 2.18. The van der Waals surface area contributed by atoms with Gasteiger partial charge in [-0.2, -0.15) is 0 Å². The summed E-state index contributed by atoms with van der Waals surface area (Å²) in [5.74, 6) is -0.657. The molecule has 184 valence electrons. The van der Waals surface area contributed by atoms with Crippen molar-refractivity contribution in [2.24, 2.45) is 0 Å². The molecule has 0 aliphatic heterocycles. The fourth-order valence-electron chi connectivity index (χ4n) is 4.23. The molecule has 2 atom stereocenters. The fourth-order valence-corrected chi connectivity index (χ4v) is 4.23. The smallest absolute Gasteiger partial charge is 0.243 e. The lowest BCUT2D eigenvalue weighted by Crippen LogP contribution is -2.52. The minimum absolute atomic E-state index is 0.0111. The zero-order chi connectivity index (χ0) is 25.4. The van der Waals surface area contributed by atoms with Crippen LogP contribution in [0.25, 0.3) is 0 Å². The molecule has 0 unspecified atom stereocenters. The molecular weight excluding hydrogens is 439 g/mol. The second-order valence-electron chi connectivity index (χ2n) is 9.34. The summed E-state index contributed by atoms with van der Waals surface area (Å²) >= 11 is 0. The van der Waals surface area contributed by atoms with Crippen LogP contribution in [-0.2, 0) is 29.0 Å². The number of rotatable bonds is 10. The van der Waals surface area contributed by atoms with Gasteiger partial charge in [-0.1, -0.05) is 78.7 Å². The molecule has 1 N–H and O–H groups in total. The molecule has 0 heterocycles. The number of benzene rings is 3.